The minimum absolute atomic E-state index is 0.00416. The molecule has 7 heteroatoms. The molecule has 1 N–H and O–H groups in total. The van der Waals surface area contributed by atoms with Crippen LogP contribution in [0.15, 0.2) is 48.5 Å². The standard InChI is InChI=1S/C26H26ClN3O3/c1-26-24-23(19-6-2-3-7-21(19)28-24)20(16-8-10-17(27)11-9-16)14-30(26)22(31)15-29(25(26)32)13-18-5-4-12-33-18/h2-3,6-11,18,20,28H,4-5,12-15H2,1H3/t18-,20-,26-/m0/s1. The molecule has 3 aliphatic rings. The molecule has 0 aliphatic carbocycles. The van der Waals surface area contributed by atoms with Gasteiger partial charge in [0.15, 0.2) is 5.54 Å². The minimum Gasteiger partial charge on any atom is -0.376 e. The highest BCUT2D eigenvalue weighted by atomic mass is 35.5. The Morgan fingerprint density at radius 2 is 1.94 bits per heavy atom. The van der Waals surface area contributed by atoms with Gasteiger partial charge in [-0.25, -0.2) is 0 Å². The summed E-state index contributed by atoms with van der Waals surface area (Å²) in [6, 6.07) is 15.9. The van der Waals surface area contributed by atoms with Gasteiger partial charge in [0.1, 0.15) is 0 Å². The fourth-order valence-electron chi connectivity index (χ4n) is 5.85. The van der Waals surface area contributed by atoms with E-state index in [2.05, 4.69) is 11.1 Å². The third-order valence-electron chi connectivity index (χ3n) is 7.54. The predicted molar refractivity (Wildman–Crippen MR) is 126 cm³/mol. The first kappa shape index (κ1) is 20.8. The molecule has 2 aromatic carbocycles. The largest absolute Gasteiger partial charge is 0.376 e. The van der Waals surface area contributed by atoms with E-state index < -0.39 is 5.54 Å². The molecule has 6 rings (SSSR count). The van der Waals surface area contributed by atoms with Crippen LogP contribution in [0.3, 0.4) is 0 Å². The number of H-pyrrole nitrogens is 1. The van der Waals surface area contributed by atoms with Gasteiger partial charge < -0.3 is 19.5 Å². The van der Waals surface area contributed by atoms with Gasteiger partial charge in [-0.3, -0.25) is 9.59 Å². The second-order valence-electron chi connectivity index (χ2n) is 9.46. The molecule has 0 unspecified atom stereocenters. The summed E-state index contributed by atoms with van der Waals surface area (Å²) in [4.78, 5) is 34.5. The fourth-order valence-corrected chi connectivity index (χ4v) is 5.98. The summed E-state index contributed by atoms with van der Waals surface area (Å²) in [6.07, 6.45) is 1.93. The summed E-state index contributed by atoms with van der Waals surface area (Å²) < 4.78 is 5.77. The third kappa shape index (κ3) is 3.11. The van der Waals surface area contributed by atoms with Gasteiger partial charge in [-0.1, -0.05) is 41.9 Å². The normalized spacial score (nSPS) is 27.2. The van der Waals surface area contributed by atoms with Crippen LogP contribution in [0.1, 0.15) is 42.5 Å². The second-order valence-corrected chi connectivity index (χ2v) is 9.90. The van der Waals surface area contributed by atoms with Crippen LogP contribution in [0.25, 0.3) is 10.9 Å². The number of halogens is 1. The lowest BCUT2D eigenvalue weighted by Crippen LogP contribution is -2.68. The maximum absolute atomic E-state index is 14.0. The lowest BCUT2D eigenvalue weighted by atomic mass is 9.76. The van der Waals surface area contributed by atoms with Crippen LogP contribution in [0, 0.1) is 0 Å². The SMILES string of the molecule is C[C@]12C(=O)N(C[C@@H]3CCCO3)CC(=O)N1C[C@@H](c1ccc(Cl)cc1)c1c2[nH]c2ccccc12. The number of rotatable bonds is 3. The molecule has 33 heavy (non-hydrogen) atoms. The Hall–Kier alpha value is -2.83. The number of carbonyl (C=O) groups excluding carboxylic acids is 2. The molecule has 2 saturated heterocycles. The van der Waals surface area contributed by atoms with Gasteiger partial charge in [0, 0.05) is 41.5 Å². The van der Waals surface area contributed by atoms with E-state index in [4.69, 9.17) is 16.3 Å². The maximum atomic E-state index is 14.0. The Bertz CT molecular complexity index is 1250. The third-order valence-corrected chi connectivity index (χ3v) is 7.79. The molecule has 3 atom stereocenters. The van der Waals surface area contributed by atoms with Crippen molar-refractivity contribution in [2.24, 2.45) is 0 Å². The zero-order chi connectivity index (χ0) is 22.7. The Balaban J connectivity index is 1.50. The van der Waals surface area contributed by atoms with E-state index in [0.717, 1.165) is 47.2 Å². The van der Waals surface area contributed by atoms with Crippen molar-refractivity contribution in [3.05, 3.63) is 70.4 Å². The number of carbonyl (C=O) groups is 2. The lowest BCUT2D eigenvalue weighted by Gasteiger charge is -2.51. The number of hydrogen-bond donors (Lipinski definition) is 1. The van der Waals surface area contributed by atoms with Gasteiger partial charge in [0.2, 0.25) is 5.91 Å². The van der Waals surface area contributed by atoms with E-state index in [1.807, 2.05) is 49.4 Å². The number of amides is 2. The maximum Gasteiger partial charge on any atom is 0.255 e. The van der Waals surface area contributed by atoms with Gasteiger partial charge in [0.05, 0.1) is 18.3 Å². The molecule has 3 aromatic rings. The molecule has 3 aliphatic heterocycles. The zero-order valence-corrected chi connectivity index (χ0v) is 19.3. The summed E-state index contributed by atoms with van der Waals surface area (Å²) >= 11 is 6.15. The molecule has 0 radical (unpaired) electrons. The Morgan fingerprint density at radius 1 is 1.15 bits per heavy atom. The quantitative estimate of drug-likeness (QED) is 0.637. The molecular formula is C26H26ClN3O3. The van der Waals surface area contributed by atoms with Crippen LogP contribution >= 0.6 is 11.6 Å². The first-order valence-corrected chi connectivity index (χ1v) is 11.9. The monoisotopic (exact) mass is 463 g/mol. The molecule has 0 spiro atoms. The summed E-state index contributed by atoms with van der Waals surface area (Å²) in [5.74, 6) is -0.124. The first-order valence-electron chi connectivity index (χ1n) is 11.5. The van der Waals surface area contributed by atoms with E-state index in [-0.39, 0.29) is 30.4 Å². The van der Waals surface area contributed by atoms with E-state index in [9.17, 15) is 9.59 Å². The molecule has 2 fully saturated rings. The van der Waals surface area contributed by atoms with Crippen LogP contribution in [0.4, 0.5) is 0 Å². The van der Waals surface area contributed by atoms with Crippen molar-refractivity contribution in [1.29, 1.82) is 0 Å². The topological polar surface area (TPSA) is 65.6 Å². The summed E-state index contributed by atoms with van der Waals surface area (Å²) in [7, 11) is 0. The molecule has 170 valence electrons. The van der Waals surface area contributed by atoms with Crippen LogP contribution in [-0.2, 0) is 19.9 Å². The highest BCUT2D eigenvalue weighted by molar-refractivity contribution is 6.30. The van der Waals surface area contributed by atoms with Crippen molar-refractivity contribution in [2.45, 2.75) is 37.3 Å². The van der Waals surface area contributed by atoms with Gasteiger partial charge in [0.25, 0.3) is 5.91 Å². The fraction of sp³-hybridized carbons (Fsp3) is 0.385. The number of ether oxygens (including phenoxy) is 1. The molecule has 4 heterocycles. The van der Waals surface area contributed by atoms with Crippen molar-refractivity contribution in [3.63, 3.8) is 0 Å². The first-order chi connectivity index (χ1) is 16.0. The summed E-state index contributed by atoms with van der Waals surface area (Å²) in [6.45, 7) is 3.62. The Morgan fingerprint density at radius 3 is 2.70 bits per heavy atom. The summed E-state index contributed by atoms with van der Waals surface area (Å²) in [5.41, 5.74) is 2.87. The minimum atomic E-state index is -1.08. The number of piperazine rings is 1. The number of aromatic nitrogens is 1. The number of aromatic amines is 1. The van der Waals surface area contributed by atoms with Crippen LogP contribution < -0.4 is 0 Å². The second kappa shape index (κ2) is 7.61. The number of nitrogens with one attached hydrogen (secondary N) is 1. The molecule has 1 aromatic heterocycles. The van der Waals surface area contributed by atoms with E-state index in [1.54, 1.807) is 9.80 Å². The average Bonchev–Trinajstić information content (AvgIpc) is 3.47. The highest BCUT2D eigenvalue weighted by Gasteiger charge is 2.56. The average molecular weight is 464 g/mol. The van der Waals surface area contributed by atoms with Crippen molar-refractivity contribution in [2.75, 3.05) is 26.2 Å². The number of fused-ring (bicyclic) bond motifs is 5. The van der Waals surface area contributed by atoms with Gasteiger partial charge in [-0.2, -0.15) is 0 Å². The molecule has 0 saturated carbocycles. The Labute approximate surface area is 197 Å². The smallest absolute Gasteiger partial charge is 0.255 e. The van der Waals surface area contributed by atoms with E-state index in [0.29, 0.717) is 18.1 Å². The Kier molecular flexibility index (Phi) is 4.78. The van der Waals surface area contributed by atoms with Crippen molar-refractivity contribution in [1.82, 2.24) is 14.8 Å². The van der Waals surface area contributed by atoms with Crippen molar-refractivity contribution in [3.8, 4) is 0 Å². The zero-order valence-electron chi connectivity index (χ0n) is 18.5. The van der Waals surface area contributed by atoms with E-state index >= 15 is 0 Å². The molecular weight excluding hydrogens is 438 g/mol. The highest BCUT2D eigenvalue weighted by Crippen LogP contribution is 2.48. The number of nitrogens with zero attached hydrogens (tertiary/aromatic N) is 2. The van der Waals surface area contributed by atoms with Gasteiger partial charge in [-0.05, 0) is 49.1 Å². The van der Waals surface area contributed by atoms with Gasteiger partial charge >= 0.3 is 0 Å². The van der Waals surface area contributed by atoms with Crippen LogP contribution in [0.2, 0.25) is 5.02 Å². The lowest BCUT2D eigenvalue weighted by molar-refractivity contribution is -0.167. The van der Waals surface area contributed by atoms with Crippen molar-refractivity contribution < 1.29 is 14.3 Å². The van der Waals surface area contributed by atoms with E-state index in [1.165, 1.54) is 0 Å². The number of hydrogen-bond acceptors (Lipinski definition) is 3. The van der Waals surface area contributed by atoms with Crippen molar-refractivity contribution >= 4 is 34.3 Å². The van der Waals surface area contributed by atoms with Gasteiger partial charge in [-0.15, -0.1) is 0 Å². The molecule has 6 nitrogen and oxygen atoms in total. The molecule has 0 bridgehead atoms. The predicted octanol–water partition coefficient (Wildman–Crippen LogP) is 4.03. The molecule has 2 amide bonds. The number of benzene rings is 2. The van der Waals surface area contributed by atoms with Crippen LogP contribution in [-0.4, -0.2) is 58.9 Å². The van der Waals surface area contributed by atoms with Crippen LogP contribution in [0.5, 0.6) is 0 Å². The summed E-state index contributed by atoms with van der Waals surface area (Å²) in [5, 5.41) is 1.76. The number of para-hydroxylation sites is 1.